The fourth-order valence-corrected chi connectivity index (χ4v) is 2.46. The van der Waals surface area contributed by atoms with Crippen molar-refractivity contribution in [2.75, 3.05) is 0 Å². The van der Waals surface area contributed by atoms with E-state index < -0.39 is 6.04 Å². The highest BCUT2D eigenvalue weighted by Crippen LogP contribution is 2.32. The smallest absolute Gasteiger partial charge is 0.147 e. The summed E-state index contributed by atoms with van der Waals surface area (Å²) < 4.78 is 14.5. The molecule has 1 aromatic heterocycles. The number of hydrogen-bond donors (Lipinski definition) is 2. The monoisotopic (exact) mass is 298 g/mol. The van der Waals surface area contributed by atoms with Crippen LogP contribution in [0.3, 0.4) is 0 Å². The standard InChI is InChI=1S/C12H12BrFN2O/c1-6-2-9(14)12-10(11(6)13)7(4-16-12)3-8(15)5-17/h2,4-5,8,16H,3,15H2,1H3/t8-/m0/s1. The van der Waals surface area contributed by atoms with Crippen molar-refractivity contribution in [2.45, 2.75) is 19.4 Å². The van der Waals surface area contributed by atoms with Gasteiger partial charge in [-0.2, -0.15) is 0 Å². The highest BCUT2D eigenvalue weighted by Gasteiger charge is 2.15. The van der Waals surface area contributed by atoms with E-state index in [0.29, 0.717) is 18.2 Å². The van der Waals surface area contributed by atoms with Crippen LogP contribution in [0.5, 0.6) is 0 Å². The van der Waals surface area contributed by atoms with Crippen molar-refractivity contribution in [3.63, 3.8) is 0 Å². The number of halogens is 2. The van der Waals surface area contributed by atoms with E-state index in [1.54, 1.807) is 6.20 Å². The van der Waals surface area contributed by atoms with Gasteiger partial charge >= 0.3 is 0 Å². The van der Waals surface area contributed by atoms with Crippen molar-refractivity contribution in [3.8, 4) is 0 Å². The summed E-state index contributed by atoms with van der Waals surface area (Å²) in [7, 11) is 0. The highest BCUT2D eigenvalue weighted by atomic mass is 79.9. The summed E-state index contributed by atoms with van der Waals surface area (Å²) in [6.45, 7) is 1.82. The van der Waals surface area contributed by atoms with Gasteiger partial charge in [-0.15, -0.1) is 0 Å². The van der Waals surface area contributed by atoms with Gasteiger partial charge in [0.1, 0.15) is 12.1 Å². The number of aromatic nitrogens is 1. The lowest BCUT2D eigenvalue weighted by Gasteiger charge is -2.06. The highest BCUT2D eigenvalue weighted by molar-refractivity contribution is 9.10. The second-order valence-corrected chi connectivity index (χ2v) is 4.85. The fourth-order valence-electron chi connectivity index (χ4n) is 1.89. The quantitative estimate of drug-likeness (QED) is 0.855. The maximum absolute atomic E-state index is 13.7. The Morgan fingerprint density at radius 1 is 1.65 bits per heavy atom. The lowest BCUT2D eigenvalue weighted by molar-refractivity contribution is -0.108. The molecule has 1 heterocycles. The normalized spacial score (nSPS) is 12.9. The van der Waals surface area contributed by atoms with Crippen LogP contribution in [0, 0.1) is 12.7 Å². The van der Waals surface area contributed by atoms with Crippen molar-refractivity contribution in [1.29, 1.82) is 0 Å². The second kappa shape index (κ2) is 4.58. The summed E-state index contributed by atoms with van der Waals surface area (Å²) in [5, 5.41) is 0.764. The molecule has 3 nitrogen and oxygen atoms in total. The summed E-state index contributed by atoms with van der Waals surface area (Å²) in [6.07, 6.45) is 2.78. The van der Waals surface area contributed by atoms with Crippen LogP contribution in [0.15, 0.2) is 16.7 Å². The van der Waals surface area contributed by atoms with E-state index in [2.05, 4.69) is 20.9 Å². The maximum atomic E-state index is 13.7. The third-order valence-electron chi connectivity index (χ3n) is 2.74. The van der Waals surface area contributed by atoms with Gasteiger partial charge < -0.3 is 15.5 Å². The molecule has 0 saturated heterocycles. The Kier molecular flexibility index (Phi) is 3.31. The molecule has 0 spiro atoms. The topological polar surface area (TPSA) is 58.9 Å². The molecule has 0 saturated carbocycles. The molecule has 2 aromatic rings. The van der Waals surface area contributed by atoms with E-state index in [9.17, 15) is 9.18 Å². The third kappa shape index (κ3) is 2.12. The number of aromatic amines is 1. The van der Waals surface area contributed by atoms with Crippen molar-refractivity contribution < 1.29 is 9.18 Å². The molecule has 0 radical (unpaired) electrons. The third-order valence-corrected chi connectivity index (χ3v) is 3.76. The molecule has 5 heteroatoms. The first-order valence-corrected chi connectivity index (χ1v) is 5.99. The van der Waals surface area contributed by atoms with Crippen molar-refractivity contribution >= 4 is 33.1 Å². The molecule has 3 N–H and O–H groups in total. The number of H-pyrrole nitrogens is 1. The van der Waals surface area contributed by atoms with Crippen LogP contribution in [0.2, 0.25) is 0 Å². The SMILES string of the molecule is Cc1cc(F)c2[nH]cc(C[C@H](N)C=O)c2c1Br. The van der Waals surface area contributed by atoms with Gasteiger partial charge in [-0.3, -0.25) is 0 Å². The molecule has 17 heavy (non-hydrogen) atoms. The molecule has 90 valence electrons. The first-order valence-electron chi connectivity index (χ1n) is 5.20. The van der Waals surface area contributed by atoms with Crippen LogP contribution in [0.25, 0.3) is 10.9 Å². The van der Waals surface area contributed by atoms with Gasteiger partial charge in [0.25, 0.3) is 0 Å². The zero-order chi connectivity index (χ0) is 12.6. The number of benzene rings is 1. The maximum Gasteiger partial charge on any atom is 0.147 e. The minimum Gasteiger partial charge on any atom is -0.358 e. The average Bonchev–Trinajstić information content (AvgIpc) is 2.70. The van der Waals surface area contributed by atoms with Gasteiger partial charge in [-0.25, -0.2) is 4.39 Å². The van der Waals surface area contributed by atoms with Crippen LogP contribution >= 0.6 is 15.9 Å². The number of aryl methyl sites for hydroxylation is 1. The number of nitrogens with two attached hydrogens (primary N) is 1. The lowest BCUT2D eigenvalue weighted by atomic mass is 10.0. The summed E-state index contributed by atoms with van der Waals surface area (Å²) in [5.41, 5.74) is 7.69. The Hall–Kier alpha value is -1.20. The lowest BCUT2D eigenvalue weighted by Crippen LogP contribution is -2.23. The number of carbonyl (C=O) groups excluding carboxylic acids is 1. The largest absolute Gasteiger partial charge is 0.358 e. The first-order chi connectivity index (χ1) is 8.04. The number of aldehydes is 1. The van der Waals surface area contributed by atoms with Gasteiger partial charge in [0, 0.05) is 16.1 Å². The Balaban J connectivity index is 2.62. The molecule has 0 amide bonds. The van der Waals surface area contributed by atoms with Crippen molar-refractivity contribution in [3.05, 3.63) is 33.7 Å². The number of fused-ring (bicyclic) bond motifs is 1. The van der Waals surface area contributed by atoms with Gasteiger partial charge in [0.15, 0.2) is 0 Å². The average molecular weight is 299 g/mol. The summed E-state index contributed by atoms with van der Waals surface area (Å²) in [5.74, 6) is -0.299. The Morgan fingerprint density at radius 2 is 2.35 bits per heavy atom. The first kappa shape index (κ1) is 12.3. The Bertz CT molecular complexity index is 579. The van der Waals surface area contributed by atoms with Gasteiger partial charge in [0.05, 0.1) is 11.6 Å². The molecule has 0 bridgehead atoms. The van der Waals surface area contributed by atoms with Crippen molar-refractivity contribution in [1.82, 2.24) is 4.98 Å². The summed E-state index contributed by atoms with van der Waals surface area (Å²) >= 11 is 3.44. The van der Waals surface area contributed by atoms with Crippen LogP contribution in [0.1, 0.15) is 11.1 Å². The van der Waals surface area contributed by atoms with Crippen LogP contribution in [-0.2, 0) is 11.2 Å². The number of carbonyl (C=O) groups is 1. The van der Waals surface area contributed by atoms with Crippen LogP contribution in [-0.4, -0.2) is 17.3 Å². The molecule has 0 fully saturated rings. The van der Waals surface area contributed by atoms with Crippen LogP contribution in [0.4, 0.5) is 4.39 Å². The number of hydrogen-bond acceptors (Lipinski definition) is 2. The van der Waals surface area contributed by atoms with E-state index >= 15 is 0 Å². The minimum absolute atomic E-state index is 0.299. The molecule has 1 aromatic carbocycles. The van der Waals surface area contributed by atoms with Gasteiger partial charge in [0.2, 0.25) is 0 Å². The molecule has 2 rings (SSSR count). The Morgan fingerprint density at radius 3 is 3.00 bits per heavy atom. The Labute approximate surface area is 106 Å². The summed E-state index contributed by atoms with van der Waals surface area (Å²) in [6, 6.07) is 0.899. The molecular formula is C12H12BrFN2O. The molecule has 0 aliphatic carbocycles. The fraction of sp³-hybridized carbons (Fsp3) is 0.250. The van der Waals surface area contributed by atoms with E-state index in [1.165, 1.54) is 6.07 Å². The van der Waals surface area contributed by atoms with Crippen molar-refractivity contribution in [2.24, 2.45) is 5.73 Å². The minimum atomic E-state index is -0.565. The molecule has 0 aliphatic heterocycles. The summed E-state index contributed by atoms with van der Waals surface area (Å²) in [4.78, 5) is 13.4. The zero-order valence-corrected chi connectivity index (χ0v) is 10.8. The predicted octanol–water partition coefficient (Wildman–Crippen LogP) is 2.45. The number of rotatable bonds is 3. The molecule has 0 unspecified atom stereocenters. The van der Waals surface area contributed by atoms with E-state index in [-0.39, 0.29) is 5.82 Å². The second-order valence-electron chi connectivity index (χ2n) is 4.06. The van der Waals surface area contributed by atoms with E-state index in [4.69, 9.17) is 5.73 Å². The number of nitrogens with one attached hydrogen (secondary N) is 1. The predicted molar refractivity (Wildman–Crippen MR) is 68.4 cm³/mol. The molecule has 1 atom stereocenters. The molecule has 0 aliphatic rings. The van der Waals surface area contributed by atoms with E-state index in [1.807, 2.05) is 6.92 Å². The molecular weight excluding hydrogens is 287 g/mol. The van der Waals surface area contributed by atoms with Crippen LogP contribution < -0.4 is 5.73 Å². The van der Waals surface area contributed by atoms with Gasteiger partial charge in [-0.1, -0.05) is 0 Å². The van der Waals surface area contributed by atoms with E-state index in [0.717, 1.165) is 21.0 Å². The zero-order valence-electron chi connectivity index (χ0n) is 9.26. The van der Waals surface area contributed by atoms with Gasteiger partial charge in [-0.05, 0) is 46.5 Å².